The van der Waals surface area contributed by atoms with E-state index in [0.717, 1.165) is 16.0 Å². The van der Waals surface area contributed by atoms with Crippen molar-refractivity contribution >= 4 is 56.2 Å². The summed E-state index contributed by atoms with van der Waals surface area (Å²) in [5, 5.41) is 7.66. The van der Waals surface area contributed by atoms with Crippen LogP contribution in [0.3, 0.4) is 0 Å². The number of nitrogens with one attached hydrogen (secondary N) is 1. The first kappa shape index (κ1) is 21.5. The van der Waals surface area contributed by atoms with Gasteiger partial charge in [0.1, 0.15) is 10.6 Å². The topological polar surface area (TPSA) is 64.0 Å². The average molecular weight is 472 g/mol. The Morgan fingerprint density at radius 2 is 2.19 bits per heavy atom. The van der Waals surface area contributed by atoms with Gasteiger partial charge in [-0.3, -0.25) is 14.2 Å². The third-order valence-electron chi connectivity index (χ3n) is 4.56. The van der Waals surface area contributed by atoms with E-state index in [4.69, 9.17) is 0 Å². The fraction of sp³-hybridized carbons (Fsp3) is 0.136. The third-order valence-corrected chi connectivity index (χ3v) is 7.31. The van der Waals surface area contributed by atoms with E-state index in [-0.39, 0.29) is 23.8 Å². The monoisotopic (exact) mass is 471 g/mol. The molecule has 0 spiro atoms. The van der Waals surface area contributed by atoms with Gasteiger partial charge < -0.3 is 5.32 Å². The molecule has 0 saturated heterocycles. The Balaban J connectivity index is 1.62. The van der Waals surface area contributed by atoms with Gasteiger partial charge in [0, 0.05) is 28.1 Å². The zero-order chi connectivity index (χ0) is 22.0. The zero-order valence-electron chi connectivity index (χ0n) is 16.6. The van der Waals surface area contributed by atoms with Crippen LogP contribution in [0.1, 0.15) is 5.56 Å². The number of halogens is 1. The first-order valence-corrected chi connectivity index (χ1v) is 12.1. The Morgan fingerprint density at radius 1 is 1.35 bits per heavy atom. The van der Waals surface area contributed by atoms with Crippen LogP contribution in [-0.2, 0) is 11.3 Å². The van der Waals surface area contributed by atoms with Gasteiger partial charge in [0.2, 0.25) is 5.91 Å². The number of nitrogens with zero attached hydrogens (tertiary/aromatic N) is 2. The van der Waals surface area contributed by atoms with Gasteiger partial charge in [-0.05, 0) is 36.1 Å². The highest BCUT2D eigenvalue weighted by molar-refractivity contribution is 7.99. The van der Waals surface area contributed by atoms with Crippen molar-refractivity contribution in [3.63, 3.8) is 0 Å². The average Bonchev–Trinajstić information content (AvgIpc) is 3.41. The lowest BCUT2D eigenvalue weighted by molar-refractivity contribution is -0.113. The molecule has 0 saturated carbocycles. The summed E-state index contributed by atoms with van der Waals surface area (Å²) in [7, 11) is 0. The van der Waals surface area contributed by atoms with Crippen molar-refractivity contribution in [3.8, 4) is 10.4 Å². The maximum atomic E-state index is 13.5. The molecule has 0 aliphatic heterocycles. The number of hydrogen-bond donors (Lipinski definition) is 1. The van der Waals surface area contributed by atoms with Crippen LogP contribution in [0.5, 0.6) is 0 Å². The van der Waals surface area contributed by atoms with Crippen LogP contribution in [0.4, 0.5) is 10.1 Å². The number of aryl methyl sites for hydroxylation is 1. The maximum absolute atomic E-state index is 13.5. The highest BCUT2D eigenvalue weighted by Crippen LogP contribution is 2.34. The van der Waals surface area contributed by atoms with Crippen LogP contribution in [0.15, 0.2) is 63.7 Å². The molecule has 158 valence electrons. The molecule has 4 rings (SSSR count). The second-order valence-corrected chi connectivity index (χ2v) is 9.45. The summed E-state index contributed by atoms with van der Waals surface area (Å²) in [4.78, 5) is 32.0. The lowest BCUT2D eigenvalue weighted by Crippen LogP contribution is -2.23. The highest BCUT2D eigenvalue weighted by atomic mass is 32.2. The molecule has 0 bridgehead atoms. The molecule has 0 fully saturated rings. The van der Waals surface area contributed by atoms with Crippen molar-refractivity contribution in [1.29, 1.82) is 0 Å². The minimum atomic E-state index is -0.417. The minimum Gasteiger partial charge on any atom is -0.325 e. The molecular weight excluding hydrogens is 453 g/mol. The number of aromatic nitrogens is 2. The van der Waals surface area contributed by atoms with E-state index < -0.39 is 5.82 Å². The van der Waals surface area contributed by atoms with Gasteiger partial charge in [-0.2, -0.15) is 0 Å². The molecule has 4 aromatic rings. The molecule has 3 aromatic heterocycles. The van der Waals surface area contributed by atoms with Crippen molar-refractivity contribution in [1.82, 2.24) is 9.55 Å². The van der Waals surface area contributed by atoms with Crippen LogP contribution in [0.2, 0.25) is 0 Å². The predicted molar refractivity (Wildman–Crippen MR) is 128 cm³/mol. The predicted octanol–water partition coefficient (Wildman–Crippen LogP) is 5.55. The fourth-order valence-corrected chi connectivity index (χ4v) is 5.68. The second-order valence-electron chi connectivity index (χ2n) is 6.70. The number of hydrogen-bond acceptors (Lipinski definition) is 6. The van der Waals surface area contributed by atoms with E-state index in [0.29, 0.717) is 21.1 Å². The number of allylic oxidation sites excluding steroid dienone is 1. The number of carbonyl (C=O) groups is 1. The Bertz CT molecular complexity index is 1330. The third kappa shape index (κ3) is 4.48. The number of benzene rings is 1. The van der Waals surface area contributed by atoms with E-state index in [9.17, 15) is 14.0 Å². The molecule has 1 N–H and O–H groups in total. The largest absolute Gasteiger partial charge is 0.325 e. The second kappa shape index (κ2) is 9.17. The smallest absolute Gasteiger partial charge is 0.263 e. The van der Waals surface area contributed by atoms with Crippen LogP contribution in [0.25, 0.3) is 20.7 Å². The molecule has 1 aromatic carbocycles. The van der Waals surface area contributed by atoms with Crippen molar-refractivity contribution < 1.29 is 9.18 Å². The van der Waals surface area contributed by atoms with Crippen LogP contribution < -0.4 is 10.9 Å². The lowest BCUT2D eigenvalue weighted by atomic mass is 10.2. The van der Waals surface area contributed by atoms with E-state index in [1.54, 1.807) is 30.4 Å². The Morgan fingerprint density at radius 3 is 2.94 bits per heavy atom. The summed E-state index contributed by atoms with van der Waals surface area (Å²) >= 11 is 4.15. The van der Waals surface area contributed by atoms with Gasteiger partial charge in [0.25, 0.3) is 5.56 Å². The van der Waals surface area contributed by atoms with Crippen LogP contribution >= 0.6 is 34.4 Å². The van der Waals surface area contributed by atoms with Gasteiger partial charge in [-0.25, -0.2) is 9.37 Å². The summed E-state index contributed by atoms with van der Waals surface area (Å²) < 4.78 is 15.0. The molecule has 0 radical (unpaired) electrons. The van der Waals surface area contributed by atoms with E-state index in [1.165, 1.54) is 39.8 Å². The minimum absolute atomic E-state index is 0.0359. The number of rotatable bonds is 7. The number of anilines is 1. The highest BCUT2D eigenvalue weighted by Gasteiger charge is 2.18. The maximum Gasteiger partial charge on any atom is 0.263 e. The molecular formula is C22H18FN3O2S3. The molecule has 5 nitrogen and oxygen atoms in total. The van der Waals surface area contributed by atoms with Gasteiger partial charge in [0.05, 0.1) is 11.1 Å². The quantitative estimate of drug-likeness (QED) is 0.218. The Hall–Kier alpha value is -2.75. The SMILES string of the molecule is C=CCn1c(SCC(=O)Nc2cc(F)ccc2C)nc2scc(-c3cccs3)c2c1=O. The van der Waals surface area contributed by atoms with E-state index in [2.05, 4.69) is 16.9 Å². The molecule has 31 heavy (non-hydrogen) atoms. The van der Waals surface area contributed by atoms with Gasteiger partial charge in [-0.15, -0.1) is 29.3 Å². The number of thioether (sulfide) groups is 1. The number of fused-ring (bicyclic) bond motifs is 1. The first-order valence-electron chi connectivity index (χ1n) is 9.33. The van der Waals surface area contributed by atoms with Crippen molar-refractivity contribution in [2.75, 3.05) is 11.1 Å². The van der Waals surface area contributed by atoms with Gasteiger partial charge >= 0.3 is 0 Å². The summed E-state index contributed by atoms with van der Waals surface area (Å²) in [5.41, 5.74) is 1.92. The molecule has 0 aliphatic rings. The Labute approximate surface area is 190 Å². The molecule has 0 unspecified atom stereocenters. The molecule has 0 atom stereocenters. The number of amides is 1. The molecule has 9 heteroatoms. The summed E-state index contributed by atoms with van der Waals surface area (Å²) in [6, 6.07) is 8.16. The lowest BCUT2D eigenvalue weighted by Gasteiger charge is -2.11. The standard InChI is InChI=1S/C22H18FN3O2S3/c1-3-8-26-21(28)19-15(17-5-4-9-29-17)11-30-20(19)25-22(26)31-12-18(27)24-16-10-14(23)7-6-13(16)2/h3-7,9-11H,1,8,12H2,2H3,(H,24,27). The van der Waals surface area contributed by atoms with E-state index in [1.807, 2.05) is 22.9 Å². The van der Waals surface area contributed by atoms with Crippen LogP contribution in [-0.4, -0.2) is 21.2 Å². The normalized spacial score (nSPS) is 11.0. The summed E-state index contributed by atoms with van der Waals surface area (Å²) in [6.45, 7) is 5.82. The number of carbonyl (C=O) groups excluding carboxylic acids is 1. The molecule has 1 amide bonds. The summed E-state index contributed by atoms with van der Waals surface area (Å²) in [6.07, 6.45) is 1.63. The zero-order valence-corrected chi connectivity index (χ0v) is 19.0. The van der Waals surface area contributed by atoms with Crippen molar-refractivity contribution in [2.45, 2.75) is 18.6 Å². The fourth-order valence-electron chi connectivity index (χ4n) is 3.06. The van der Waals surface area contributed by atoms with Crippen molar-refractivity contribution in [2.24, 2.45) is 0 Å². The Kier molecular flexibility index (Phi) is 6.35. The first-order chi connectivity index (χ1) is 15.0. The molecule has 0 aliphatic carbocycles. The van der Waals surface area contributed by atoms with Gasteiger partial charge in [0.15, 0.2) is 5.16 Å². The van der Waals surface area contributed by atoms with Gasteiger partial charge in [-0.1, -0.05) is 30.0 Å². The number of thiophene rings is 2. The molecule has 3 heterocycles. The van der Waals surface area contributed by atoms with Crippen LogP contribution in [0, 0.1) is 12.7 Å². The van der Waals surface area contributed by atoms with Crippen molar-refractivity contribution in [3.05, 3.63) is 75.5 Å². The van der Waals surface area contributed by atoms with E-state index >= 15 is 0 Å². The summed E-state index contributed by atoms with van der Waals surface area (Å²) in [5.74, 6) is -0.683.